The molecule has 23 heavy (non-hydrogen) atoms. The molecule has 1 aromatic carbocycles. The third kappa shape index (κ3) is 4.79. The summed E-state index contributed by atoms with van der Waals surface area (Å²) in [6, 6.07) is 5.86. The average molecular weight is 339 g/mol. The van der Waals surface area contributed by atoms with Crippen molar-refractivity contribution in [3.05, 3.63) is 34.9 Å². The van der Waals surface area contributed by atoms with Gasteiger partial charge in [0, 0.05) is 31.5 Å². The van der Waals surface area contributed by atoms with Gasteiger partial charge in [-0.05, 0) is 43.9 Å². The largest absolute Gasteiger partial charge is 0.342 e. The van der Waals surface area contributed by atoms with E-state index in [1.807, 2.05) is 36.9 Å². The second kappa shape index (κ2) is 7.93. The molecule has 1 saturated heterocycles. The van der Waals surface area contributed by atoms with Crippen LogP contribution in [-0.4, -0.2) is 36.2 Å². The molecule has 0 bridgehead atoms. The molecule has 1 atom stereocenters. The molecule has 2 rings (SSSR count). The number of rotatable bonds is 5. The van der Waals surface area contributed by atoms with Gasteiger partial charge in [-0.15, -0.1) is 12.4 Å². The number of likely N-dealkylation sites (tertiary alicyclic amines) is 1. The van der Waals surface area contributed by atoms with E-state index in [0.717, 1.165) is 29.7 Å². The van der Waals surface area contributed by atoms with Crippen molar-refractivity contribution in [1.29, 1.82) is 0 Å². The lowest BCUT2D eigenvalue weighted by Crippen LogP contribution is -2.34. The van der Waals surface area contributed by atoms with Gasteiger partial charge >= 0.3 is 0 Å². The van der Waals surface area contributed by atoms with Crippen LogP contribution in [0.15, 0.2) is 18.2 Å². The number of benzene rings is 1. The predicted octanol–water partition coefficient (Wildman–Crippen LogP) is 2.89. The quantitative estimate of drug-likeness (QED) is 0.840. The second-order valence-electron chi connectivity index (χ2n) is 6.82. The molecule has 1 aromatic rings. The zero-order chi connectivity index (χ0) is 16.3. The monoisotopic (exact) mass is 338 g/mol. The lowest BCUT2D eigenvalue weighted by molar-refractivity contribution is -0.130. The number of nitrogens with zero attached hydrogens (tertiary/aromatic N) is 1. The van der Waals surface area contributed by atoms with Crippen LogP contribution in [0.3, 0.4) is 0 Å². The first kappa shape index (κ1) is 19.7. The maximum Gasteiger partial charge on any atom is 0.223 e. The number of aryl methyl sites for hydroxylation is 2. The van der Waals surface area contributed by atoms with Crippen LogP contribution in [0.25, 0.3) is 0 Å². The van der Waals surface area contributed by atoms with Crippen LogP contribution in [0.5, 0.6) is 0 Å². The standard InChI is InChI=1S/C18H26N2O2.ClH/c1-13-4-5-14(2)15(10-13)16(21)6-7-17(22)20-9-8-18(3,11-19)12-20;/h4-5,10H,6-9,11-12,19H2,1-3H3;1H. The molecule has 0 radical (unpaired) electrons. The van der Waals surface area contributed by atoms with Crippen molar-refractivity contribution < 1.29 is 9.59 Å². The number of ketones is 1. The molecule has 0 aliphatic carbocycles. The minimum absolute atomic E-state index is 0. The van der Waals surface area contributed by atoms with Crippen LogP contribution in [0.4, 0.5) is 0 Å². The smallest absolute Gasteiger partial charge is 0.223 e. The highest BCUT2D eigenvalue weighted by Crippen LogP contribution is 2.29. The van der Waals surface area contributed by atoms with Crippen LogP contribution in [0.2, 0.25) is 0 Å². The van der Waals surface area contributed by atoms with Crippen molar-refractivity contribution in [2.75, 3.05) is 19.6 Å². The fourth-order valence-corrected chi connectivity index (χ4v) is 2.95. The van der Waals surface area contributed by atoms with Gasteiger partial charge in [0.05, 0.1) is 0 Å². The lowest BCUT2D eigenvalue weighted by Gasteiger charge is -2.22. The van der Waals surface area contributed by atoms with Crippen molar-refractivity contribution in [3.63, 3.8) is 0 Å². The minimum Gasteiger partial charge on any atom is -0.342 e. The van der Waals surface area contributed by atoms with Gasteiger partial charge in [-0.1, -0.05) is 24.6 Å². The van der Waals surface area contributed by atoms with Crippen LogP contribution in [0, 0.1) is 19.3 Å². The molecule has 1 aliphatic heterocycles. The molecule has 1 unspecified atom stereocenters. The molecule has 1 fully saturated rings. The molecular formula is C18H27ClN2O2. The van der Waals surface area contributed by atoms with Gasteiger partial charge in [0.15, 0.2) is 5.78 Å². The molecule has 1 amide bonds. The number of halogens is 1. The summed E-state index contributed by atoms with van der Waals surface area (Å²) < 4.78 is 0. The lowest BCUT2D eigenvalue weighted by atomic mass is 9.90. The van der Waals surface area contributed by atoms with E-state index in [9.17, 15) is 9.59 Å². The van der Waals surface area contributed by atoms with Gasteiger partial charge in [-0.3, -0.25) is 9.59 Å². The Bertz CT molecular complexity index is 588. The summed E-state index contributed by atoms with van der Waals surface area (Å²) in [4.78, 5) is 26.4. The molecule has 0 spiro atoms. The number of carbonyl (C=O) groups excluding carboxylic acids is 2. The number of hydrogen-bond donors (Lipinski definition) is 1. The Kier molecular flexibility index (Phi) is 6.78. The Labute approximate surface area is 144 Å². The van der Waals surface area contributed by atoms with Gasteiger partial charge in [0.2, 0.25) is 5.91 Å². The Hall–Kier alpha value is -1.39. The highest BCUT2D eigenvalue weighted by Gasteiger charge is 2.34. The summed E-state index contributed by atoms with van der Waals surface area (Å²) in [5, 5.41) is 0. The second-order valence-corrected chi connectivity index (χ2v) is 6.82. The van der Waals surface area contributed by atoms with Crippen molar-refractivity contribution in [3.8, 4) is 0 Å². The Morgan fingerprint density at radius 2 is 1.96 bits per heavy atom. The molecule has 128 valence electrons. The van der Waals surface area contributed by atoms with Crippen LogP contribution in [-0.2, 0) is 4.79 Å². The maximum absolute atomic E-state index is 12.3. The first-order valence-corrected chi connectivity index (χ1v) is 7.93. The third-order valence-electron chi connectivity index (χ3n) is 4.66. The van der Waals surface area contributed by atoms with E-state index in [1.54, 1.807) is 0 Å². The van der Waals surface area contributed by atoms with Gasteiger partial charge in [-0.25, -0.2) is 0 Å². The van der Waals surface area contributed by atoms with Crippen molar-refractivity contribution in [1.82, 2.24) is 4.90 Å². The minimum atomic E-state index is 0. The number of Topliss-reactive ketones (excluding diaryl/α,β-unsaturated/α-hetero) is 1. The van der Waals surface area contributed by atoms with Gasteiger partial charge in [0.1, 0.15) is 0 Å². The van der Waals surface area contributed by atoms with Crippen LogP contribution in [0.1, 0.15) is 47.7 Å². The molecule has 4 nitrogen and oxygen atoms in total. The van der Waals surface area contributed by atoms with E-state index in [4.69, 9.17) is 5.73 Å². The summed E-state index contributed by atoms with van der Waals surface area (Å²) in [7, 11) is 0. The summed E-state index contributed by atoms with van der Waals surface area (Å²) >= 11 is 0. The third-order valence-corrected chi connectivity index (χ3v) is 4.66. The molecule has 1 aliphatic rings. The van der Waals surface area contributed by atoms with E-state index < -0.39 is 0 Å². The van der Waals surface area contributed by atoms with Crippen molar-refractivity contribution in [2.24, 2.45) is 11.1 Å². The summed E-state index contributed by atoms with van der Waals surface area (Å²) in [6.07, 6.45) is 1.51. The van der Waals surface area contributed by atoms with Gasteiger partial charge < -0.3 is 10.6 Å². The van der Waals surface area contributed by atoms with E-state index in [0.29, 0.717) is 13.1 Å². The summed E-state index contributed by atoms with van der Waals surface area (Å²) in [5.74, 6) is 0.117. The molecule has 2 N–H and O–H groups in total. The number of nitrogens with two attached hydrogens (primary N) is 1. The Morgan fingerprint density at radius 1 is 1.26 bits per heavy atom. The van der Waals surface area contributed by atoms with E-state index >= 15 is 0 Å². The van der Waals surface area contributed by atoms with E-state index in [2.05, 4.69) is 6.92 Å². The Balaban J connectivity index is 0.00000264. The van der Waals surface area contributed by atoms with Crippen LogP contribution < -0.4 is 5.73 Å². The summed E-state index contributed by atoms with van der Waals surface area (Å²) in [6.45, 7) is 8.07. The number of hydrogen-bond acceptors (Lipinski definition) is 3. The number of amides is 1. The SMILES string of the molecule is Cc1ccc(C)c(C(=O)CCC(=O)N2CCC(C)(CN)C2)c1.Cl. The fraction of sp³-hybridized carbons (Fsp3) is 0.556. The zero-order valence-corrected chi connectivity index (χ0v) is 15.0. The normalized spacial score (nSPS) is 20.3. The fourth-order valence-electron chi connectivity index (χ4n) is 2.95. The summed E-state index contributed by atoms with van der Waals surface area (Å²) in [5.41, 5.74) is 8.58. The topological polar surface area (TPSA) is 63.4 Å². The molecule has 1 heterocycles. The first-order valence-electron chi connectivity index (χ1n) is 7.93. The predicted molar refractivity (Wildman–Crippen MR) is 95.1 cm³/mol. The molecular weight excluding hydrogens is 312 g/mol. The van der Waals surface area contributed by atoms with Gasteiger partial charge in [-0.2, -0.15) is 0 Å². The molecule has 0 saturated carbocycles. The Morgan fingerprint density at radius 3 is 2.57 bits per heavy atom. The van der Waals surface area contributed by atoms with E-state index in [1.165, 1.54) is 0 Å². The van der Waals surface area contributed by atoms with Crippen LogP contribution >= 0.6 is 12.4 Å². The molecule has 5 heteroatoms. The average Bonchev–Trinajstić information content (AvgIpc) is 2.90. The highest BCUT2D eigenvalue weighted by molar-refractivity contribution is 5.99. The number of carbonyl (C=O) groups is 2. The van der Waals surface area contributed by atoms with Crippen molar-refractivity contribution in [2.45, 2.75) is 40.0 Å². The highest BCUT2D eigenvalue weighted by atomic mass is 35.5. The van der Waals surface area contributed by atoms with Crippen molar-refractivity contribution >= 4 is 24.1 Å². The first-order chi connectivity index (χ1) is 10.3. The zero-order valence-electron chi connectivity index (χ0n) is 14.2. The molecule has 0 aromatic heterocycles. The maximum atomic E-state index is 12.3. The van der Waals surface area contributed by atoms with E-state index in [-0.39, 0.29) is 42.4 Å². The van der Waals surface area contributed by atoms with Gasteiger partial charge in [0.25, 0.3) is 0 Å².